The van der Waals surface area contributed by atoms with E-state index >= 15 is 0 Å². The van der Waals surface area contributed by atoms with Gasteiger partial charge in [0.05, 0.1) is 12.3 Å². The van der Waals surface area contributed by atoms with E-state index in [4.69, 9.17) is 10.5 Å². The van der Waals surface area contributed by atoms with E-state index in [2.05, 4.69) is 15.3 Å². The van der Waals surface area contributed by atoms with Gasteiger partial charge in [0.15, 0.2) is 5.69 Å². The van der Waals surface area contributed by atoms with Crippen molar-refractivity contribution in [3.8, 4) is 0 Å². The summed E-state index contributed by atoms with van der Waals surface area (Å²) in [7, 11) is 0. The molecule has 0 aliphatic rings. The molecule has 2 rings (SSSR count). The van der Waals surface area contributed by atoms with Crippen LogP contribution in [-0.4, -0.2) is 32.6 Å². The van der Waals surface area contributed by atoms with Crippen LogP contribution in [0.3, 0.4) is 0 Å². The molecule has 0 fully saturated rings. The number of hydrogen-bond acceptors (Lipinski definition) is 6. The summed E-state index contributed by atoms with van der Waals surface area (Å²) in [6, 6.07) is 5.73. The zero-order valence-electron chi connectivity index (χ0n) is 11.3. The van der Waals surface area contributed by atoms with E-state index in [0.717, 1.165) is 5.69 Å². The number of ether oxygens (including phenoxy) is 1. The number of rotatable bonds is 6. The van der Waals surface area contributed by atoms with Gasteiger partial charge in [-0.3, -0.25) is 4.98 Å². The second-order valence-electron chi connectivity index (χ2n) is 4.10. The van der Waals surface area contributed by atoms with Gasteiger partial charge in [0.2, 0.25) is 0 Å². The number of hydrogen-bond donors (Lipinski definition) is 1. The molecule has 2 aromatic heterocycles. The second-order valence-corrected chi connectivity index (χ2v) is 4.10. The maximum atomic E-state index is 11.7. The number of pyridine rings is 1. The molecule has 0 saturated heterocycles. The van der Waals surface area contributed by atoms with Gasteiger partial charge in [-0.1, -0.05) is 11.3 Å². The first kappa shape index (κ1) is 14.1. The van der Waals surface area contributed by atoms with Gasteiger partial charge in [-0.2, -0.15) is 0 Å². The molecule has 0 aliphatic carbocycles. The van der Waals surface area contributed by atoms with Crippen LogP contribution in [0.15, 0.2) is 24.4 Å². The van der Waals surface area contributed by atoms with Crippen molar-refractivity contribution in [1.82, 2.24) is 20.0 Å². The predicted octanol–water partition coefficient (Wildman–Crippen LogP) is 0.551. The third-order valence-corrected chi connectivity index (χ3v) is 2.81. The SMILES string of the molecule is CCOC(=O)c1nnn(CCc2ccccn2)c1CN. The number of esters is 1. The predicted molar refractivity (Wildman–Crippen MR) is 71.8 cm³/mol. The van der Waals surface area contributed by atoms with E-state index in [-0.39, 0.29) is 12.2 Å². The Morgan fingerprint density at radius 3 is 2.95 bits per heavy atom. The Kier molecular flexibility index (Phi) is 4.78. The Labute approximate surface area is 116 Å². The van der Waals surface area contributed by atoms with E-state index in [0.29, 0.717) is 25.3 Å². The molecule has 0 bridgehead atoms. The Morgan fingerprint density at radius 1 is 1.45 bits per heavy atom. The van der Waals surface area contributed by atoms with Crippen molar-refractivity contribution >= 4 is 5.97 Å². The molecule has 20 heavy (non-hydrogen) atoms. The van der Waals surface area contributed by atoms with Gasteiger partial charge >= 0.3 is 5.97 Å². The molecule has 7 heteroatoms. The molecular formula is C13H17N5O2. The molecule has 0 atom stereocenters. The van der Waals surface area contributed by atoms with Gasteiger partial charge in [0.25, 0.3) is 0 Å². The number of aromatic nitrogens is 4. The van der Waals surface area contributed by atoms with E-state index in [1.165, 1.54) is 0 Å². The van der Waals surface area contributed by atoms with Crippen molar-refractivity contribution in [2.75, 3.05) is 6.61 Å². The number of aryl methyl sites for hydroxylation is 2. The lowest BCUT2D eigenvalue weighted by Gasteiger charge is -2.05. The normalized spacial score (nSPS) is 10.5. The molecule has 7 nitrogen and oxygen atoms in total. The van der Waals surface area contributed by atoms with Crippen molar-refractivity contribution in [1.29, 1.82) is 0 Å². The fraction of sp³-hybridized carbons (Fsp3) is 0.385. The van der Waals surface area contributed by atoms with Gasteiger partial charge in [0, 0.05) is 31.4 Å². The monoisotopic (exact) mass is 275 g/mol. The van der Waals surface area contributed by atoms with Crippen LogP contribution in [0.25, 0.3) is 0 Å². The highest BCUT2D eigenvalue weighted by molar-refractivity contribution is 5.88. The summed E-state index contributed by atoms with van der Waals surface area (Å²) in [5, 5.41) is 7.82. The molecule has 2 heterocycles. The van der Waals surface area contributed by atoms with E-state index in [1.54, 1.807) is 17.8 Å². The largest absolute Gasteiger partial charge is 0.461 e. The van der Waals surface area contributed by atoms with Crippen LogP contribution in [0.1, 0.15) is 28.8 Å². The Bertz CT molecular complexity index is 567. The van der Waals surface area contributed by atoms with E-state index in [9.17, 15) is 4.79 Å². The van der Waals surface area contributed by atoms with Crippen molar-refractivity contribution in [2.45, 2.75) is 26.4 Å². The lowest BCUT2D eigenvalue weighted by atomic mass is 10.2. The lowest BCUT2D eigenvalue weighted by molar-refractivity contribution is 0.0518. The minimum Gasteiger partial charge on any atom is -0.461 e. The van der Waals surface area contributed by atoms with Crippen molar-refractivity contribution in [3.05, 3.63) is 41.5 Å². The van der Waals surface area contributed by atoms with Crippen LogP contribution in [0, 0.1) is 0 Å². The fourth-order valence-electron chi connectivity index (χ4n) is 1.84. The molecule has 106 valence electrons. The first-order valence-electron chi connectivity index (χ1n) is 6.45. The van der Waals surface area contributed by atoms with Crippen LogP contribution in [0.2, 0.25) is 0 Å². The zero-order chi connectivity index (χ0) is 14.4. The smallest absolute Gasteiger partial charge is 0.360 e. The second kappa shape index (κ2) is 6.76. The molecule has 2 aromatic rings. The first-order chi connectivity index (χ1) is 9.76. The topological polar surface area (TPSA) is 95.9 Å². The van der Waals surface area contributed by atoms with Crippen LogP contribution < -0.4 is 5.73 Å². The van der Waals surface area contributed by atoms with E-state index in [1.807, 2.05) is 18.2 Å². The summed E-state index contributed by atoms with van der Waals surface area (Å²) >= 11 is 0. The standard InChI is InChI=1S/C13H17N5O2/c1-2-20-13(19)12-11(9-14)18(17-16-12)8-6-10-5-3-4-7-15-10/h3-5,7H,2,6,8-9,14H2,1H3. The first-order valence-corrected chi connectivity index (χ1v) is 6.45. The Morgan fingerprint density at radius 2 is 2.30 bits per heavy atom. The number of carbonyl (C=O) groups is 1. The van der Waals surface area contributed by atoms with Crippen LogP contribution in [-0.2, 0) is 24.2 Å². The number of nitrogens with two attached hydrogens (primary N) is 1. The van der Waals surface area contributed by atoms with Crippen molar-refractivity contribution in [3.63, 3.8) is 0 Å². The molecule has 0 radical (unpaired) electrons. The van der Waals surface area contributed by atoms with Crippen LogP contribution >= 0.6 is 0 Å². The van der Waals surface area contributed by atoms with Crippen LogP contribution in [0.5, 0.6) is 0 Å². The summed E-state index contributed by atoms with van der Waals surface area (Å²) in [6.45, 7) is 2.79. The average molecular weight is 275 g/mol. The minimum atomic E-state index is -0.489. The highest BCUT2D eigenvalue weighted by atomic mass is 16.5. The average Bonchev–Trinajstić information content (AvgIpc) is 2.89. The number of carbonyl (C=O) groups excluding carboxylic acids is 1. The molecule has 0 saturated carbocycles. The van der Waals surface area contributed by atoms with E-state index < -0.39 is 5.97 Å². The molecule has 0 spiro atoms. The molecular weight excluding hydrogens is 258 g/mol. The summed E-state index contributed by atoms with van der Waals surface area (Å²) < 4.78 is 6.55. The minimum absolute atomic E-state index is 0.184. The fourth-order valence-corrected chi connectivity index (χ4v) is 1.84. The third kappa shape index (κ3) is 3.18. The highest BCUT2D eigenvalue weighted by Gasteiger charge is 2.19. The Hall–Kier alpha value is -2.28. The lowest BCUT2D eigenvalue weighted by Crippen LogP contribution is -2.15. The number of nitrogens with zero attached hydrogens (tertiary/aromatic N) is 4. The summed E-state index contributed by atoms with van der Waals surface area (Å²) in [4.78, 5) is 15.9. The van der Waals surface area contributed by atoms with Crippen molar-refractivity contribution in [2.24, 2.45) is 5.73 Å². The van der Waals surface area contributed by atoms with Gasteiger partial charge in [-0.05, 0) is 19.1 Å². The van der Waals surface area contributed by atoms with Gasteiger partial charge < -0.3 is 10.5 Å². The van der Waals surface area contributed by atoms with Crippen LogP contribution in [0.4, 0.5) is 0 Å². The molecule has 2 N–H and O–H groups in total. The molecule has 0 aromatic carbocycles. The summed E-state index contributed by atoms with van der Waals surface area (Å²) in [6.07, 6.45) is 2.43. The zero-order valence-corrected chi connectivity index (χ0v) is 11.3. The maximum Gasteiger partial charge on any atom is 0.360 e. The van der Waals surface area contributed by atoms with Gasteiger partial charge in [0.1, 0.15) is 0 Å². The quantitative estimate of drug-likeness (QED) is 0.773. The van der Waals surface area contributed by atoms with Crippen molar-refractivity contribution < 1.29 is 9.53 Å². The molecule has 0 amide bonds. The molecule has 0 aliphatic heterocycles. The Balaban J connectivity index is 2.10. The van der Waals surface area contributed by atoms with Gasteiger partial charge in [-0.15, -0.1) is 5.10 Å². The third-order valence-electron chi connectivity index (χ3n) is 2.81. The van der Waals surface area contributed by atoms with Gasteiger partial charge in [-0.25, -0.2) is 9.48 Å². The summed E-state index contributed by atoms with van der Waals surface area (Å²) in [5.41, 5.74) is 7.40. The maximum absolute atomic E-state index is 11.7. The summed E-state index contributed by atoms with van der Waals surface area (Å²) in [5.74, 6) is -0.489. The highest BCUT2D eigenvalue weighted by Crippen LogP contribution is 2.08. The molecule has 0 unspecified atom stereocenters.